The van der Waals surface area contributed by atoms with E-state index in [0.29, 0.717) is 37.4 Å². The van der Waals surface area contributed by atoms with Gasteiger partial charge in [-0.15, -0.1) is 0 Å². The normalized spacial score (nSPS) is 20.4. The van der Waals surface area contributed by atoms with Crippen LogP contribution in [0.15, 0.2) is 18.2 Å². The van der Waals surface area contributed by atoms with Crippen molar-refractivity contribution in [2.45, 2.75) is 52.7 Å². The number of ether oxygens (including phenoxy) is 1. The smallest absolute Gasteiger partial charge is 0.319 e. The molecule has 1 fully saturated rings. The van der Waals surface area contributed by atoms with Gasteiger partial charge >= 0.3 is 6.03 Å². The summed E-state index contributed by atoms with van der Waals surface area (Å²) in [5, 5.41) is 14.4. The number of amides is 2. The van der Waals surface area contributed by atoms with Gasteiger partial charge in [0.25, 0.3) is 0 Å². The van der Waals surface area contributed by atoms with Crippen molar-refractivity contribution < 1.29 is 19.0 Å². The largest absolute Gasteiger partial charge is 0.396 e. The number of morpholine rings is 1. The third-order valence-corrected chi connectivity index (χ3v) is 4.71. The number of rotatable bonds is 7. The third-order valence-electron chi connectivity index (χ3n) is 4.71. The van der Waals surface area contributed by atoms with E-state index in [0.717, 1.165) is 6.42 Å². The quantitative estimate of drug-likeness (QED) is 0.677. The van der Waals surface area contributed by atoms with Gasteiger partial charge in [0.2, 0.25) is 0 Å². The van der Waals surface area contributed by atoms with E-state index in [1.165, 1.54) is 6.07 Å². The molecule has 1 aromatic rings. The minimum absolute atomic E-state index is 0.0471. The predicted octanol–water partition coefficient (Wildman–Crippen LogP) is 3.36. The minimum atomic E-state index is -0.368. The van der Waals surface area contributed by atoms with Crippen LogP contribution in [0.25, 0.3) is 0 Å². The molecule has 0 saturated carbocycles. The molecular formula is C20H32FN3O3. The van der Waals surface area contributed by atoms with Crippen LogP contribution < -0.4 is 15.5 Å². The molecular weight excluding hydrogens is 349 g/mol. The zero-order valence-electron chi connectivity index (χ0n) is 16.7. The molecule has 0 aromatic heterocycles. The van der Waals surface area contributed by atoms with E-state index in [2.05, 4.69) is 10.6 Å². The summed E-state index contributed by atoms with van der Waals surface area (Å²) >= 11 is 0. The molecule has 3 N–H and O–H groups in total. The SMILES string of the molecule is C[C@H]1CN(c2ccc(NC(=O)NCC(C)(C)CCCO)cc2F)C[C@H](C)O1. The Morgan fingerprint density at radius 2 is 2.00 bits per heavy atom. The molecule has 27 heavy (non-hydrogen) atoms. The van der Waals surface area contributed by atoms with Crippen molar-refractivity contribution in [1.29, 1.82) is 0 Å². The number of carbonyl (C=O) groups excluding carboxylic acids is 1. The predicted molar refractivity (Wildman–Crippen MR) is 106 cm³/mol. The maximum atomic E-state index is 14.6. The first-order valence-electron chi connectivity index (χ1n) is 9.56. The lowest BCUT2D eigenvalue weighted by Crippen LogP contribution is -2.45. The molecule has 7 heteroatoms. The van der Waals surface area contributed by atoms with Crippen LogP contribution in [0.3, 0.4) is 0 Å². The molecule has 0 unspecified atom stereocenters. The number of urea groups is 1. The van der Waals surface area contributed by atoms with Crippen molar-refractivity contribution in [3.05, 3.63) is 24.0 Å². The molecule has 0 aliphatic carbocycles. The number of nitrogens with one attached hydrogen (secondary N) is 2. The van der Waals surface area contributed by atoms with Crippen LogP contribution in [0.1, 0.15) is 40.5 Å². The van der Waals surface area contributed by atoms with Crippen molar-refractivity contribution in [3.63, 3.8) is 0 Å². The summed E-state index contributed by atoms with van der Waals surface area (Å²) in [6, 6.07) is 4.38. The number of hydrogen-bond donors (Lipinski definition) is 3. The van der Waals surface area contributed by atoms with Crippen LogP contribution in [0.5, 0.6) is 0 Å². The summed E-state index contributed by atoms with van der Waals surface area (Å²) in [4.78, 5) is 14.1. The van der Waals surface area contributed by atoms with Gasteiger partial charge in [0, 0.05) is 31.9 Å². The first-order valence-corrected chi connectivity index (χ1v) is 9.56. The van der Waals surface area contributed by atoms with Gasteiger partial charge in [0.1, 0.15) is 5.82 Å². The maximum Gasteiger partial charge on any atom is 0.319 e. The molecule has 2 amide bonds. The van der Waals surface area contributed by atoms with Gasteiger partial charge in [-0.3, -0.25) is 0 Å². The second-order valence-electron chi connectivity index (χ2n) is 8.13. The van der Waals surface area contributed by atoms with E-state index in [1.807, 2.05) is 32.6 Å². The highest BCUT2D eigenvalue weighted by Gasteiger charge is 2.24. The molecule has 2 atom stereocenters. The van der Waals surface area contributed by atoms with E-state index in [1.54, 1.807) is 12.1 Å². The molecule has 6 nitrogen and oxygen atoms in total. The zero-order chi connectivity index (χ0) is 20.0. The zero-order valence-corrected chi connectivity index (χ0v) is 16.7. The number of carbonyl (C=O) groups is 1. The summed E-state index contributed by atoms with van der Waals surface area (Å²) in [6.45, 7) is 9.90. The number of aliphatic hydroxyl groups is 1. The second-order valence-corrected chi connectivity index (χ2v) is 8.13. The topological polar surface area (TPSA) is 73.8 Å². The first-order chi connectivity index (χ1) is 12.7. The van der Waals surface area contributed by atoms with Crippen LogP contribution in [0, 0.1) is 11.2 Å². The number of halogens is 1. The fraction of sp³-hybridized carbons (Fsp3) is 0.650. The Morgan fingerprint density at radius 1 is 1.33 bits per heavy atom. The van der Waals surface area contributed by atoms with Gasteiger partial charge < -0.3 is 25.4 Å². The number of aliphatic hydroxyl groups excluding tert-OH is 1. The van der Waals surface area contributed by atoms with Gasteiger partial charge in [0.05, 0.1) is 17.9 Å². The lowest BCUT2D eigenvalue weighted by Gasteiger charge is -2.37. The number of nitrogens with zero attached hydrogens (tertiary/aromatic N) is 1. The Bertz CT molecular complexity index is 629. The Labute approximate surface area is 161 Å². The Kier molecular flexibility index (Phi) is 7.44. The lowest BCUT2D eigenvalue weighted by atomic mass is 9.88. The van der Waals surface area contributed by atoms with Crippen LogP contribution in [-0.4, -0.2) is 49.6 Å². The highest BCUT2D eigenvalue weighted by Crippen LogP contribution is 2.26. The highest BCUT2D eigenvalue weighted by molar-refractivity contribution is 5.89. The maximum absolute atomic E-state index is 14.6. The molecule has 2 rings (SSSR count). The molecule has 1 aliphatic rings. The van der Waals surface area contributed by atoms with Crippen molar-refractivity contribution in [3.8, 4) is 0 Å². The average Bonchev–Trinajstić information content (AvgIpc) is 2.57. The fourth-order valence-corrected chi connectivity index (χ4v) is 3.36. The van der Waals surface area contributed by atoms with Gasteiger partial charge in [-0.25, -0.2) is 9.18 Å². The molecule has 1 aromatic carbocycles. The van der Waals surface area contributed by atoms with Gasteiger partial charge in [-0.1, -0.05) is 13.8 Å². The second kappa shape index (κ2) is 9.37. The summed E-state index contributed by atoms with van der Waals surface area (Å²) in [7, 11) is 0. The lowest BCUT2D eigenvalue weighted by molar-refractivity contribution is -0.00539. The molecule has 0 bridgehead atoms. The third kappa shape index (κ3) is 6.66. The summed E-state index contributed by atoms with van der Waals surface area (Å²) in [5.41, 5.74) is 0.822. The van der Waals surface area contributed by atoms with Gasteiger partial charge in [-0.05, 0) is 50.3 Å². The van der Waals surface area contributed by atoms with Crippen molar-refractivity contribution >= 4 is 17.4 Å². The molecule has 0 spiro atoms. The standard InChI is InChI=1S/C20H32FN3O3/c1-14-11-24(12-15(2)27-14)18-7-6-16(10-17(18)21)23-19(26)22-13-20(3,4)8-5-9-25/h6-7,10,14-15,25H,5,8-9,11-13H2,1-4H3,(H2,22,23,26)/t14-,15-/m0/s1. The van der Waals surface area contributed by atoms with E-state index in [-0.39, 0.29) is 36.1 Å². The van der Waals surface area contributed by atoms with E-state index >= 15 is 0 Å². The molecule has 152 valence electrons. The molecule has 1 aliphatic heterocycles. The molecule has 1 heterocycles. The number of hydrogen-bond acceptors (Lipinski definition) is 4. The number of anilines is 2. The summed E-state index contributed by atoms with van der Waals surface area (Å²) < 4.78 is 20.3. The monoisotopic (exact) mass is 381 g/mol. The van der Waals surface area contributed by atoms with Gasteiger partial charge in [0.15, 0.2) is 0 Å². The average molecular weight is 381 g/mol. The minimum Gasteiger partial charge on any atom is -0.396 e. The molecule has 0 radical (unpaired) electrons. The Morgan fingerprint density at radius 3 is 2.59 bits per heavy atom. The first kappa shape index (κ1) is 21.4. The summed E-state index contributed by atoms with van der Waals surface area (Å²) in [5.74, 6) is -0.364. The van der Waals surface area contributed by atoms with Crippen molar-refractivity contribution in [1.82, 2.24) is 5.32 Å². The Balaban J connectivity index is 1.92. The van der Waals surface area contributed by atoms with Crippen molar-refractivity contribution in [2.75, 3.05) is 36.5 Å². The highest BCUT2D eigenvalue weighted by atomic mass is 19.1. The van der Waals surface area contributed by atoms with Crippen LogP contribution in [0.2, 0.25) is 0 Å². The van der Waals surface area contributed by atoms with E-state index in [9.17, 15) is 9.18 Å². The number of benzene rings is 1. The molecule has 1 saturated heterocycles. The van der Waals surface area contributed by atoms with Crippen molar-refractivity contribution in [2.24, 2.45) is 5.41 Å². The van der Waals surface area contributed by atoms with Crippen LogP contribution in [-0.2, 0) is 4.74 Å². The fourth-order valence-electron chi connectivity index (χ4n) is 3.36. The van der Waals surface area contributed by atoms with E-state index in [4.69, 9.17) is 9.84 Å². The van der Waals surface area contributed by atoms with Crippen LogP contribution >= 0.6 is 0 Å². The summed E-state index contributed by atoms with van der Waals surface area (Å²) in [6.07, 6.45) is 1.60. The van der Waals surface area contributed by atoms with Gasteiger partial charge in [-0.2, -0.15) is 0 Å². The van der Waals surface area contributed by atoms with E-state index < -0.39 is 0 Å². The van der Waals surface area contributed by atoms with Crippen LogP contribution in [0.4, 0.5) is 20.6 Å². The Hall–Kier alpha value is -1.86.